The second kappa shape index (κ2) is 5.16. The van der Waals surface area contributed by atoms with E-state index in [0.29, 0.717) is 52.4 Å². The highest BCUT2D eigenvalue weighted by atomic mass is 16.6. The molecular formula is C10H16N2O4. The van der Waals surface area contributed by atoms with Crippen LogP contribution in [-0.2, 0) is 14.3 Å². The number of amides is 2. The van der Waals surface area contributed by atoms with Crippen LogP contribution >= 0.6 is 0 Å². The Balaban J connectivity index is 1.72. The summed E-state index contributed by atoms with van der Waals surface area (Å²) in [5, 5.41) is 0. The van der Waals surface area contributed by atoms with Crippen molar-refractivity contribution in [1.29, 1.82) is 0 Å². The Morgan fingerprint density at radius 3 is 2.56 bits per heavy atom. The maximum absolute atomic E-state index is 11.8. The number of ether oxygens (including phenoxy) is 2. The molecule has 0 atom stereocenters. The van der Waals surface area contributed by atoms with Gasteiger partial charge in [0.25, 0.3) is 0 Å². The van der Waals surface area contributed by atoms with Crippen molar-refractivity contribution in [2.24, 2.45) is 0 Å². The van der Waals surface area contributed by atoms with Crippen LogP contribution in [0.4, 0.5) is 4.79 Å². The first-order valence-electron chi connectivity index (χ1n) is 5.54. The van der Waals surface area contributed by atoms with E-state index in [1.807, 2.05) is 0 Å². The summed E-state index contributed by atoms with van der Waals surface area (Å²) in [7, 11) is 0. The van der Waals surface area contributed by atoms with Gasteiger partial charge in [-0.15, -0.1) is 0 Å². The molecule has 6 nitrogen and oxygen atoms in total. The summed E-state index contributed by atoms with van der Waals surface area (Å²) in [5.74, 6) is 0.0861. The molecule has 0 bridgehead atoms. The van der Waals surface area contributed by atoms with E-state index in [9.17, 15) is 9.59 Å². The van der Waals surface area contributed by atoms with E-state index in [0.717, 1.165) is 0 Å². The number of carbonyl (C=O) groups is 2. The smallest absolute Gasteiger partial charge is 0.409 e. The van der Waals surface area contributed by atoms with E-state index in [1.54, 1.807) is 9.80 Å². The quantitative estimate of drug-likeness (QED) is 0.664. The maximum atomic E-state index is 11.8. The van der Waals surface area contributed by atoms with Gasteiger partial charge in [0.2, 0.25) is 5.91 Å². The van der Waals surface area contributed by atoms with Gasteiger partial charge < -0.3 is 19.3 Å². The highest BCUT2D eigenvalue weighted by Gasteiger charge is 2.24. The van der Waals surface area contributed by atoms with Crippen molar-refractivity contribution in [2.75, 3.05) is 46.0 Å². The molecule has 0 aromatic carbocycles. The van der Waals surface area contributed by atoms with Crippen molar-refractivity contribution in [1.82, 2.24) is 9.80 Å². The first-order valence-corrected chi connectivity index (χ1v) is 5.54. The lowest BCUT2D eigenvalue weighted by Gasteiger charge is -2.27. The zero-order valence-corrected chi connectivity index (χ0v) is 9.18. The van der Waals surface area contributed by atoms with Gasteiger partial charge in [-0.2, -0.15) is 0 Å². The molecule has 2 heterocycles. The Bertz CT molecular complexity index is 276. The fourth-order valence-electron chi connectivity index (χ4n) is 1.83. The van der Waals surface area contributed by atoms with E-state index in [1.165, 1.54) is 0 Å². The van der Waals surface area contributed by atoms with E-state index in [4.69, 9.17) is 9.47 Å². The molecule has 2 aliphatic rings. The zero-order chi connectivity index (χ0) is 11.4. The van der Waals surface area contributed by atoms with E-state index >= 15 is 0 Å². The van der Waals surface area contributed by atoms with Crippen LogP contribution in [0, 0.1) is 0 Å². The summed E-state index contributed by atoms with van der Waals surface area (Å²) in [6.07, 6.45) is 0.0597. The Kier molecular flexibility index (Phi) is 3.61. The number of hydrogen-bond acceptors (Lipinski definition) is 4. The lowest BCUT2D eigenvalue weighted by molar-refractivity contribution is -0.135. The molecule has 2 aliphatic heterocycles. The minimum atomic E-state index is -0.310. The predicted molar refractivity (Wildman–Crippen MR) is 54.9 cm³/mol. The van der Waals surface area contributed by atoms with E-state index < -0.39 is 0 Å². The Morgan fingerprint density at radius 2 is 1.94 bits per heavy atom. The molecule has 2 rings (SSSR count). The van der Waals surface area contributed by atoms with Crippen LogP contribution in [0.15, 0.2) is 0 Å². The second-order valence-electron chi connectivity index (χ2n) is 3.84. The van der Waals surface area contributed by atoms with Gasteiger partial charge in [0.1, 0.15) is 6.61 Å². The number of rotatable bonds is 3. The number of carbonyl (C=O) groups excluding carboxylic acids is 2. The fraction of sp³-hybridized carbons (Fsp3) is 0.800. The lowest BCUT2D eigenvalue weighted by Crippen LogP contribution is -2.42. The van der Waals surface area contributed by atoms with Gasteiger partial charge >= 0.3 is 6.09 Å². The molecule has 2 saturated heterocycles. The summed E-state index contributed by atoms with van der Waals surface area (Å²) in [6, 6.07) is 0. The molecule has 16 heavy (non-hydrogen) atoms. The molecule has 0 aliphatic carbocycles. The summed E-state index contributed by atoms with van der Waals surface area (Å²) in [6.45, 7) is 4.01. The van der Waals surface area contributed by atoms with Gasteiger partial charge in [-0.25, -0.2) is 4.79 Å². The van der Waals surface area contributed by atoms with Gasteiger partial charge in [0.05, 0.1) is 19.8 Å². The highest BCUT2D eigenvalue weighted by molar-refractivity contribution is 5.77. The SMILES string of the molecule is O=C(CCN1CCOC1=O)N1CCOCC1. The first-order chi connectivity index (χ1) is 7.77. The van der Waals surface area contributed by atoms with Crippen LogP contribution < -0.4 is 0 Å². The number of hydrogen-bond donors (Lipinski definition) is 0. The summed E-state index contributed by atoms with van der Waals surface area (Å²) >= 11 is 0. The predicted octanol–water partition coefficient (Wildman–Crippen LogP) is -0.312. The first kappa shape index (κ1) is 11.2. The van der Waals surface area contributed by atoms with Crippen molar-refractivity contribution >= 4 is 12.0 Å². The maximum Gasteiger partial charge on any atom is 0.409 e. The molecule has 0 unspecified atom stereocenters. The molecule has 2 fully saturated rings. The average Bonchev–Trinajstić information content (AvgIpc) is 2.73. The topological polar surface area (TPSA) is 59.1 Å². The number of cyclic esters (lactones) is 1. The van der Waals surface area contributed by atoms with Crippen molar-refractivity contribution in [3.63, 3.8) is 0 Å². The summed E-state index contributed by atoms with van der Waals surface area (Å²) in [5.41, 5.74) is 0. The van der Waals surface area contributed by atoms with Gasteiger partial charge in [-0.3, -0.25) is 4.79 Å². The largest absolute Gasteiger partial charge is 0.448 e. The molecule has 0 saturated carbocycles. The summed E-state index contributed by atoms with van der Waals surface area (Å²) in [4.78, 5) is 26.2. The Hall–Kier alpha value is -1.30. The van der Waals surface area contributed by atoms with E-state index in [2.05, 4.69) is 0 Å². The van der Waals surface area contributed by atoms with Crippen LogP contribution in [0.1, 0.15) is 6.42 Å². The molecule has 0 aromatic rings. The van der Waals surface area contributed by atoms with Crippen LogP contribution in [0.5, 0.6) is 0 Å². The van der Waals surface area contributed by atoms with Crippen LogP contribution in [-0.4, -0.2) is 67.8 Å². The standard InChI is InChI=1S/C10H16N2O4/c13-9(11-3-6-15-7-4-11)1-2-12-5-8-16-10(12)14/h1-8H2. The van der Waals surface area contributed by atoms with Crippen LogP contribution in [0.25, 0.3) is 0 Å². The normalized spacial score (nSPS) is 21.1. The molecular weight excluding hydrogens is 212 g/mol. The third-order valence-electron chi connectivity index (χ3n) is 2.80. The van der Waals surface area contributed by atoms with Crippen molar-refractivity contribution in [3.05, 3.63) is 0 Å². The molecule has 90 valence electrons. The van der Waals surface area contributed by atoms with Gasteiger partial charge in [-0.05, 0) is 0 Å². The van der Waals surface area contributed by atoms with Gasteiger partial charge in [0.15, 0.2) is 0 Å². The van der Waals surface area contributed by atoms with Crippen LogP contribution in [0.2, 0.25) is 0 Å². The Morgan fingerprint density at radius 1 is 1.19 bits per heavy atom. The van der Waals surface area contributed by atoms with Crippen molar-refractivity contribution in [2.45, 2.75) is 6.42 Å². The third kappa shape index (κ3) is 2.63. The minimum absolute atomic E-state index is 0.0861. The minimum Gasteiger partial charge on any atom is -0.448 e. The molecule has 0 spiro atoms. The molecule has 6 heteroatoms. The molecule has 0 radical (unpaired) electrons. The molecule has 2 amide bonds. The molecule has 0 aromatic heterocycles. The number of morpholine rings is 1. The number of nitrogens with zero attached hydrogens (tertiary/aromatic N) is 2. The average molecular weight is 228 g/mol. The third-order valence-corrected chi connectivity index (χ3v) is 2.80. The second-order valence-corrected chi connectivity index (χ2v) is 3.84. The lowest BCUT2D eigenvalue weighted by atomic mass is 10.3. The summed E-state index contributed by atoms with van der Waals surface area (Å²) < 4.78 is 9.95. The van der Waals surface area contributed by atoms with Crippen molar-refractivity contribution < 1.29 is 19.1 Å². The molecule has 0 N–H and O–H groups in total. The van der Waals surface area contributed by atoms with Crippen LogP contribution in [0.3, 0.4) is 0 Å². The zero-order valence-electron chi connectivity index (χ0n) is 9.18. The van der Waals surface area contributed by atoms with Gasteiger partial charge in [0, 0.05) is 26.1 Å². The van der Waals surface area contributed by atoms with Gasteiger partial charge in [-0.1, -0.05) is 0 Å². The monoisotopic (exact) mass is 228 g/mol. The highest BCUT2D eigenvalue weighted by Crippen LogP contribution is 2.06. The van der Waals surface area contributed by atoms with Crippen molar-refractivity contribution in [3.8, 4) is 0 Å². The van der Waals surface area contributed by atoms with E-state index in [-0.39, 0.29) is 12.0 Å². The Labute approximate surface area is 94.1 Å². The fourth-order valence-corrected chi connectivity index (χ4v) is 1.83.